The standard InChI is InChI=1S/C91H78N26O15S4/c1-54-46-58(18-40-74(54)112-108-64-24-20-62(21-25-64)104-106-66-28-36-72(37-29-66)134(124,125)126)50-84-96-85(51-59-19-41-75(55(2)47-59)115-117-79-45-35-71(53-83(79)136(130,131)132)111-103-61-14-9-6-10-15-61)98-90(97-84)94-80(86(118)119)16-11-17-81(87(120)121)95-91-100-88(92-68-32-42-76(56(3)48-68)113-109-65-26-22-63(23-27-65)105-107-67-30-38-73(39-31-67)135(127,128)129)99-89(101-91)93-69-33-43-77(57(4)49-69)114-116-78-44-34-70(52-82(78)133(122)123)110-102-60-12-7-5-8-13-60/h5-10,12-15,18-49,52-53,80-81H,11,16-17,50-51H2,1-4H3,(H,118,119)(H,120,121)(H,122,123)(H,124,125,126)(H,127,128,129)(H,130,131,132)(H,94,96,97,98)(H3,92,93,95,99,100,101). The van der Waals surface area contributed by atoms with Crippen molar-refractivity contribution >= 4 is 180 Å². The monoisotopic (exact) mass is 1900 g/mol. The molecular formula is C91H78N26O15S4. The first-order valence-electron chi connectivity index (χ1n) is 40.9. The highest BCUT2D eigenvalue weighted by Gasteiger charge is 2.26. The van der Waals surface area contributed by atoms with Crippen LogP contribution in [-0.2, 0) is 63.9 Å². The molecule has 0 radical (unpaired) electrons. The summed E-state index contributed by atoms with van der Waals surface area (Å²) in [5.74, 6) is -2.73. The van der Waals surface area contributed by atoms with Gasteiger partial charge in [0.05, 0.1) is 94.3 Å². The molecule has 0 saturated carbocycles. The zero-order valence-corrected chi connectivity index (χ0v) is 75.2. The fraction of sp³-hybridized carbons (Fsp3) is 0.121. The number of hydrogen-bond donors (Lipinski definition) is 10. The third kappa shape index (κ3) is 27.3. The molecule has 10 N–H and O–H groups in total. The molecule has 0 amide bonds. The van der Waals surface area contributed by atoms with E-state index in [9.17, 15) is 67.5 Å². The van der Waals surface area contributed by atoms with Gasteiger partial charge in [0.1, 0.15) is 40.0 Å². The molecule has 3 atom stereocenters. The molecule has 3 unspecified atom stereocenters. The molecule has 2 aromatic heterocycles. The van der Waals surface area contributed by atoms with E-state index in [1.54, 1.807) is 197 Å². The molecule has 0 bridgehead atoms. The molecule has 2 heterocycles. The summed E-state index contributed by atoms with van der Waals surface area (Å²) in [5, 5.41) is 102. The fourth-order valence-electron chi connectivity index (χ4n) is 12.9. The van der Waals surface area contributed by atoms with Crippen LogP contribution < -0.4 is 21.3 Å². The highest BCUT2D eigenvalue weighted by molar-refractivity contribution is 7.86. The minimum absolute atomic E-state index is 0.0383. The third-order valence-electron chi connectivity index (χ3n) is 19.7. The molecule has 686 valence electrons. The summed E-state index contributed by atoms with van der Waals surface area (Å²) in [5.41, 5.74) is 10.5. The van der Waals surface area contributed by atoms with Crippen molar-refractivity contribution in [1.82, 2.24) is 29.9 Å². The largest absolute Gasteiger partial charge is 0.480 e. The first-order valence-corrected chi connectivity index (χ1v) is 46.3. The molecule has 45 heteroatoms. The van der Waals surface area contributed by atoms with E-state index in [4.69, 9.17) is 15.0 Å². The van der Waals surface area contributed by atoms with Crippen molar-refractivity contribution in [2.24, 2.45) is 81.8 Å². The van der Waals surface area contributed by atoms with Crippen LogP contribution in [0.25, 0.3) is 0 Å². The van der Waals surface area contributed by atoms with Gasteiger partial charge in [-0.05, 0) is 287 Å². The van der Waals surface area contributed by atoms with Gasteiger partial charge in [0, 0.05) is 24.2 Å². The maximum Gasteiger partial charge on any atom is 0.326 e. The van der Waals surface area contributed by atoms with Gasteiger partial charge in [0.15, 0.2) is 11.1 Å². The lowest BCUT2D eigenvalue weighted by Crippen LogP contribution is -2.33. The van der Waals surface area contributed by atoms with Crippen LogP contribution in [0.5, 0.6) is 0 Å². The van der Waals surface area contributed by atoms with Crippen molar-refractivity contribution < 1.29 is 67.5 Å². The number of nitrogens with one attached hydrogen (secondary N) is 4. The predicted molar refractivity (Wildman–Crippen MR) is 504 cm³/mol. The van der Waals surface area contributed by atoms with Crippen molar-refractivity contribution in [3.8, 4) is 0 Å². The Morgan fingerprint density at radius 1 is 0.324 bits per heavy atom. The zero-order valence-electron chi connectivity index (χ0n) is 71.9. The minimum atomic E-state index is -4.83. The average molecular weight is 1900 g/mol. The summed E-state index contributed by atoms with van der Waals surface area (Å²) in [6, 6.07) is 67.6. The fourth-order valence-corrected chi connectivity index (χ4v) is 15.0. The highest BCUT2D eigenvalue weighted by Crippen LogP contribution is 2.38. The van der Waals surface area contributed by atoms with Gasteiger partial charge < -0.3 is 36.0 Å². The van der Waals surface area contributed by atoms with Crippen molar-refractivity contribution in [3.63, 3.8) is 0 Å². The molecule has 41 nitrogen and oxygen atoms in total. The summed E-state index contributed by atoms with van der Waals surface area (Å²) in [6.45, 7) is 7.13. The summed E-state index contributed by atoms with van der Waals surface area (Å²) in [4.78, 5) is 53.8. The summed E-state index contributed by atoms with van der Waals surface area (Å²) in [7, 11) is -13.6. The lowest BCUT2D eigenvalue weighted by Gasteiger charge is -2.19. The summed E-state index contributed by atoms with van der Waals surface area (Å²) < 4.78 is 123. The topological polar surface area (TPSA) is 598 Å². The van der Waals surface area contributed by atoms with Crippen LogP contribution in [0.3, 0.4) is 0 Å². The van der Waals surface area contributed by atoms with Gasteiger partial charge >= 0.3 is 11.9 Å². The minimum Gasteiger partial charge on any atom is -0.480 e. The van der Waals surface area contributed by atoms with E-state index in [1.807, 2.05) is 19.1 Å². The van der Waals surface area contributed by atoms with E-state index in [1.165, 1.54) is 72.8 Å². The first kappa shape index (κ1) is 95.5. The number of carboxylic acid groups (broad SMARTS) is 2. The number of azo groups is 8. The number of carbonyl (C=O) groups is 2. The lowest BCUT2D eigenvalue weighted by molar-refractivity contribution is -0.138. The number of aromatic nitrogens is 6. The van der Waals surface area contributed by atoms with Gasteiger partial charge in [-0.15, -0.1) is 10.2 Å². The van der Waals surface area contributed by atoms with E-state index < -0.39 is 70.4 Å². The quantitative estimate of drug-likeness (QED) is 0.00976. The molecule has 14 rings (SSSR count). The summed E-state index contributed by atoms with van der Waals surface area (Å²) in [6.07, 6.45) is -0.249. The van der Waals surface area contributed by atoms with Crippen molar-refractivity contribution in [2.75, 3.05) is 21.3 Å². The Labute approximate surface area is 778 Å². The Hall–Kier alpha value is -16.6. The number of aryl methyl sites for hydroxylation is 4. The average Bonchev–Trinajstić information content (AvgIpc) is 0.815. The lowest BCUT2D eigenvalue weighted by atomic mass is 10.1. The Kier molecular flexibility index (Phi) is 30.7. The van der Waals surface area contributed by atoms with Crippen molar-refractivity contribution in [1.29, 1.82) is 0 Å². The highest BCUT2D eigenvalue weighted by atomic mass is 32.2. The number of nitrogens with zero attached hydrogens (tertiary/aromatic N) is 22. The van der Waals surface area contributed by atoms with Gasteiger partial charge in [-0.3, -0.25) is 13.7 Å². The second-order valence-corrected chi connectivity index (χ2v) is 35.1. The number of anilines is 6. The number of aliphatic carboxylic acids is 2. The maximum atomic E-state index is 13.4. The van der Waals surface area contributed by atoms with Crippen molar-refractivity contribution in [3.05, 3.63) is 312 Å². The van der Waals surface area contributed by atoms with E-state index in [2.05, 4.69) is 118 Å². The molecule has 0 aliphatic heterocycles. The van der Waals surface area contributed by atoms with Gasteiger partial charge in [0.25, 0.3) is 30.4 Å². The van der Waals surface area contributed by atoms with E-state index in [-0.39, 0.29) is 99.3 Å². The smallest absolute Gasteiger partial charge is 0.326 e. The number of hydrogen-bond acceptors (Lipinski definition) is 35. The zero-order chi connectivity index (χ0) is 96.0. The van der Waals surface area contributed by atoms with Gasteiger partial charge in [-0.1, -0.05) is 60.7 Å². The second kappa shape index (κ2) is 43.7. The van der Waals surface area contributed by atoms with Crippen LogP contribution in [0.2, 0.25) is 0 Å². The van der Waals surface area contributed by atoms with E-state index >= 15 is 0 Å². The Bertz CT molecular complexity index is 7460. The molecule has 12 aromatic carbocycles. The third-order valence-corrected chi connectivity index (χ3v) is 23.1. The number of carboxylic acids is 2. The van der Waals surface area contributed by atoms with Crippen LogP contribution in [0.4, 0.5) is 126 Å². The Morgan fingerprint density at radius 2 is 0.625 bits per heavy atom. The predicted octanol–water partition coefficient (Wildman–Crippen LogP) is 24.2. The molecule has 14 aromatic rings. The van der Waals surface area contributed by atoms with E-state index in [0.717, 1.165) is 17.2 Å². The van der Waals surface area contributed by atoms with Gasteiger partial charge in [-0.2, -0.15) is 122 Å². The normalized spacial score (nSPS) is 12.9. The SMILES string of the molecule is Cc1cc(Cc2nc(Cc3ccc(N=Nc4ccc(N=Nc5ccccc5)cc4S(=O)(=O)O)c(C)c3)nc(NC(CCCC(Nc3nc(Nc4ccc(N=Nc5ccc(N=Nc6ccc(S(=O)(=O)O)cc6)cc5)c(C)c4)nc(Nc4ccc(N=Nc5ccc(N=Nc6ccccc6)cc5S(=O)O)c(C)c4)n3)C(=O)O)C(=O)O)n2)ccc1N=Nc1ccc(N=Nc2ccc(S(=O)(=O)O)cc2)cc1. The van der Waals surface area contributed by atoms with Crippen LogP contribution in [0.15, 0.2) is 368 Å². The first-order chi connectivity index (χ1) is 65.2. The van der Waals surface area contributed by atoms with Crippen LogP contribution in [0, 0.1) is 27.7 Å². The molecule has 0 fully saturated rings. The van der Waals surface area contributed by atoms with Gasteiger partial charge in [0.2, 0.25) is 23.8 Å². The molecule has 0 aliphatic rings. The molecule has 0 spiro atoms. The van der Waals surface area contributed by atoms with Crippen molar-refractivity contribution in [2.45, 2.75) is 91.5 Å². The van der Waals surface area contributed by atoms with Crippen LogP contribution in [-0.4, -0.2) is 112 Å². The molecular weight excluding hydrogens is 1830 g/mol. The Morgan fingerprint density at radius 3 is 0.993 bits per heavy atom. The second-order valence-electron chi connectivity index (χ2n) is 29.9. The number of rotatable bonds is 38. The molecule has 136 heavy (non-hydrogen) atoms. The Balaban J connectivity index is 0.696. The maximum absolute atomic E-state index is 13.4. The van der Waals surface area contributed by atoms with E-state index in [0.29, 0.717) is 108 Å². The number of benzene rings is 12. The van der Waals surface area contributed by atoms with Crippen LogP contribution in [0.1, 0.15) is 64.3 Å². The molecule has 0 aliphatic carbocycles. The van der Waals surface area contributed by atoms with Gasteiger partial charge in [-0.25, -0.2) is 18.8 Å². The van der Waals surface area contributed by atoms with Crippen LogP contribution >= 0.6 is 0 Å². The summed E-state index contributed by atoms with van der Waals surface area (Å²) >= 11 is -2.49. The molecule has 0 saturated heterocycles.